The van der Waals surface area contributed by atoms with Crippen molar-refractivity contribution in [3.63, 3.8) is 0 Å². The van der Waals surface area contributed by atoms with Crippen molar-refractivity contribution in [3.05, 3.63) is 64.7 Å². The molecule has 0 amide bonds. The van der Waals surface area contributed by atoms with Gasteiger partial charge in [0.1, 0.15) is 5.75 Å². The summed E-state index contributed by atoms with van der Waals surface area (Å²) in [6.45, 7) is 8.15. The monoisotopic (exact) mass is 480 g/mol. The number of aliphatic hydroxyl groups excluding tert-OH is 1. The van der Waals surface area contributed by atoms with E-state index in [1.54, 1.807) is 13.2 Å². The summed E-state index contributed by atoms with van der Waals surface area (Å²) in [7, 11) is 3.67. The minimum Gasteiger partial charge on any atom is -0.496 e. The van der Waals surface area contributed by atoms with Crippen LogP contribution in [0.4, 0.5) is 0 Å². The Hall–Kier alpha value is -2.88. The van der Waals surface area contributed by atoms with Gasteiger partial charge >= 0.3 is 5.97 Å². The molecule has 0 aliphatic heterocycles. The second kappa shape index (κ2) is 13.9. The van der Waals surface area contributed by atoms with Crippen LogP contribution in [0, 0.1) is 17.2 Å². The number of ether oxygens (including phenoxy) is 2. The van der Waals surface area contributed by atoms with Gasteiger partial charge in [-0.1, -0.05) is 39.0 Å². The highest BCUT2D eigenvalue weighted by atomic mass is 16.5. The van der Waals surface area contributed by atoms with Crippen molar-refractivity contribution in [2.75, 3.05) is 33.9 Å². The Morgan fingerprint density at radius 1 is 1.20 bits per heavy atom. The minimum absolute atomic E-state index is 0.118. The fraction of sp³-hybridized carbons (Fsp3) is 0.517. The molecule has 35 heavy (non-hydrogen) atoms. The van der Waals surface area contributed by atoms with Gasteiger partial charge in [0.05, 0.1) is 37.4 Å². The van der Waals surface area contributed by atoms with Crippen molar-refractivity contribution < 1.29 is 19.4 Å². The predicted octanol–water partition coefficient (Wildman–Crippen LogP) is 5.13. The van der Waals surface area contributed by atoms with Crippen LogP contribution in [-0.4, -0.2) is 49.8 Å². The van der Waals surface area contributed by atoms with E-state index in [2.05, 4.69) is 31.9 Å². The van der Waals surface area contributed by atoms with Gasteiger partial charge in [-0.25, -0.2) is 4.79 Å². The maximum atomic E-state index is 12.1. The highest BCUT2D eigenvalue weighted by Crippen LogP contribution is 2.38. The lowest BCUT2D eigenvalue weighted by atomic mass is 9.69. The maximum Gasteiger partial charge on any atom is 0.338 e. The van der Waals surface area contributed by atoms with Crippen molar-refractivity contribution in [1.29, 1.82) is 5.26 Å². The molecular formula is C29H40N2O4. The van der Waals surface area contributed by atoms with Gasteiger partial charge < -0.3 is 19.5 Å². The molecule has 0 bridgehead atoms. The number of nitriles is 1. The van der Waals surface area contributed by atoms with Crippen LogP contribution >= 0.6 is 0 Å². The number of hydrogen-bond donors (Lipinski definition) is 1. The summed E-state index contributed by atoms with van der Waals surface area (Å²) in [4.78, 5) is 14.4. The zero-order valence-corrected chi connectivity index (χ0v) is 21.8. The summed E-state index contributed by atoms with van der Waals surface area (Å²) in [5.74, 6) is 0.480. The molecule has 190 valence electrons. The first-order valence-corrected chi connectivity index (χ1v) is 12.4. The summed E-state index contributed by atoms with van der Waals surface area (Å²) < 4.78 is 10.6. The Kier molecular flexibility index (Phi) is 11.2. The average molecular weight is 481 g/mol. The Balaban J connectivity index is 1.99. The van der Waals surface area contributed by atoms with Crippen LogP contribution < -0.4 is 4.74 Å². The van der Waals surface area contributed by atoms with Crippen molar-refractivity contribution >= 4 is 5.97 Å². The molecule has 0 saturated heterocycles. The topological polar surface area (TPSA) is 82.8 Å². The Morgan fingerprint density at radius 3 is 2.60 bits per heavy atom. The third-order valence-electron chi connectivity index (χ3n) is 6.64. The number of aliphatic hydroxyl groups is 1. The Bertz CT molecular complexity index is 998. The Morgan fingerprint density at radius 2 is 1.97 bits per heavy atom. The van der Waals surface area contributed by atoms with Gasteiger partial charge in [0, 0.05) is 12.1 Å². The van der Waals surface area contributed by atoms with Crippen molar-refractivity contribution in [2.24, 2.45) is 5.92 Å². The smallest absolute Gasteiger partial charge is 0.338 e. The quantitative estimate of drug-likeness (QED) is 0.378. The number of rotatable bonds is 14. The standard InChI is InChI=1S/C29H40N2O4/c1-6-17-35-28(33)24-10-7-9-23(18-24)13-16-31(4)15-8-14-29(21-30,22(2)3)26-11-12-27(34-5)25(19-26)20-32/h7,9-12,18-19,22,32H,6,8,13-17,20H2,1-5H3. The number of carbonyl (C=O) groups excluding carboxylic acids is 1. The molecule has 0 aliphatic rings. The van der Waals surface area contributed by atoms with E-state index < -0.39 is 5.41 Å². The van der Waals surface area contributed by atoms with Gasteiger partial charge in [0.25, 0.3) is 0 Å². The molecule has 0 fully saturated rings. The number of carbonyl (C=O) groups is 1. The largest absolute Gasteiger partial charge is 0.496 e. The number of nitrogens with zero attached hydrogens (tertiary/aromatic N) is 2. The van der Waals surface area contributed by atoms with E-state index in [-0.39, 0.29) is 18.5 Å². The molecule has 1 unspecified atom stereocenters. The lowest BCUT2D eigenvalue weighted by Crippen LogP contribution is -2.32. The molecule has 1 N–H and O–H groups in total. The second-order valence-corrected chi connectivity index (χ2v) is 9.42. The first-order valence-electron chi connectivity index (χ1n) is 12.4. The molecule has 2 aromatic carbocycles. The number of benzene rings is 2. The van der Waals surface area contributed by atoms with Gasteiger partial charge in [-0.15, -0.1) is 0 Å². The lowest BCUT2D eigenvalue weighted by molar-refractivity contribution is 0.0505. The second-order valence-electron chi connectivity index (χ2n) is 9.42. The highest BCUT2D eigenvalue weighted by molar-refractivity contribution is 5.89. The van der Waals surface area contributed by atoms with Gasteiger partial charge in [0.2, 0.25) is 0 Å². The summed E-state index contributed by atoms with van der Waals surface area (Å²) >= 11 is 0. The van der Waals surface area contributed by atoms with Crippen LogP contribution in [0.3, 0.4) is 0 Å². The van der Waals surface area contributed by atoms with Crippen LogP contribution in [-0.2, 0) is 23.2 Å². The van der Waals surface area contributed by atoms with Gasteiger partial charge in [-0.3, -0.25) is 0 Å². The molecule has 6 nitrogen and oxygen atoms in total. The van der Waals surface area contributed by atoms with Crippen LogP contribution in [0.5, 0.6) is 5.75 Å². The number of esters is 1. The van der Waals surface area contributed by atoms with E-state index in [0.29, 0.717) is 23.5 Å². The van der Waals surface area contributed by atoms with Crippen LogP contribution in [0.2, 0.25) is 0 Å². The van der Waals surface area contributed by atoms with Crippen molar-refractivity contribution in [3.8, 4) is 11.8 Å². The summed E-state index contributed by atoms with van der Waals surface area (Å²) in [6, 6.07) is 15.9. The highest BCUT2D eigenvalue weighted by Gasteiger charge is 2.36. The van der Waals surface area contributed by atoms with E-state index in [4.69, 9.17) is 9.47 Å². The molecule has 1 atom stereocenters. The van der Waals surface area contributed by atoms with Crippen LogP contribution in [0.1, 0.15) is 67.1 Å². The maximum absolute atomic E-state index is 12.1. The average Bonchev–Trinajstić information content (AvgIpc) is 2.88. The molecule has 0 radical (unpaired) electrons. The van der Waals surface area contributed by atoms with Gasteiger partial charge in [0.15, 0.2) is 0 Å². The fourth-order valence-corrected chi connectivity index (χ4v) is 4.39. The number of hydrogen-bond acceptors (Lipinski definition) is 6. The predicted molar refractivity (Wildman–Crippen MR) is 138 cm³/mol. The first-order chi connectivity index (χ1) is 16.8. The Labute approximate surface area is 210 Å². The molecule has 0 aliphatic carbocycles. The normalized spacial score (nSPS) is 12.9. The molecule has 2 aromatic rings. The van der Waals surface area contributed by atoms with Crippen molar-refractivity contribution in [1.82, 2.24) is 4.90 Å². The zero-order valence-electron chi connectivity index (χ0n) is 21.8. The summed E-state index contributed by atoms with van der Waals surface area (Å²) in [6.07, 6.45) is 3.23. The van der Waals surface area contributed by atoms with Crippen molar-refractivity contribution in [2.45, 2.75) is 58.5 Å². The van der Waals surface area contributed by atoms with E-state index in [1.165, 1.54) is 0 Å². The summed E-state index contributed by atoms with van der Waals surface area (Å²) in [5, 5.41) is 20.0. The third kappa shape index (κ3) is 7.55. The lowest BCUT2D eigenvalue weighted by Gasteiger charge is -2.32. The van der Waals surface area contributed by atoms with Gasteiger partial charge in [-0.05, 0) is 80.6 Å². The minimum atomic E-state index is -0.635. The van der Waals surface area contributed by atoms with E-state index >= 15 is 0 Å². The van der Waals surface area contributed by atoms with E-state index in [0.717, 1.165) is 49.9 Å². The molecular weight excluding hydrogens is 440 g/mol. The number of methoxy groups -OCH3 is 1. The zero-order chi connectivity index (χ0) is 25.8. The van der Waals surface area contributed by atoms with Crippen LogP contribution in [0.25, 0.3) is 0 Å². The first kappa shape index (κ1) is 28.4. The summed E-state index contributed by atoms with van der Waals surface area (Å²) in [5.41, 5.74) is 2.68. The molecule has 0 aromatic heterocycles. The van der Waals surface area contributed by atoms with Gasteiger partial charge in [-0.2, -0.15) is 5.26 Å². The van der Waals surface area contributed by atoms with E-state index in [9.17, 15) is 15.2 Å². The molecule has 0 heterocycles. The molecule has 0 spiro atoms. The third-order valence-corrected chi connectivity index (χ3v) is 6.64. The SMILES string of the molecule is CCCOC(=O)c1cccc(CCN(C)CCCC(C#N)(c2ccc(OC)c(CO)c2)C(C)C)c1. The molecule has 0 saturated carbocycles. The number of likely N-dealkylation sites (N-methyl/N-ethyl adjacent to an activating group) is 1. The van der Waals surface area contributed by atoms with Crippen LogP contribution in [0.15, 0.2) is 42.5 Å². The van der Waals surface area contributed by atoms with E-state index in [1.807, 2.05) is 43.3 Å². The molecule has 6 heteroatoms. The fourth-order valence-electron chi connectivity index (χ4n) is 4.39. The molecule has 2 rings (SSSR count).